The molecule has 2 atom stereocenters. The Labute approximate surface area is 176 Å². The van der Waals surface area contributed by atoms with E-state index in [0.29, 0.717) is 6.04 Å². The van der Waals surface area contributed by atoms with E-state index in [-0.39, 0.29) is 23.1 Å². The molecule has 3 aliphatic rings. The van der Waals surface area contributed by atoms with Crippen LogP contribution in [0.25, 0.3) is 0 Å². The van der Waals surface area contributed by atoms with Crippen molar-refractivity contribution < 1.29 is 13.2 Å². The second-order valence-corrected chi connectivity index (χ2v) is 12.1. The van der Waals surface area contributed by atoms with Gasteiger partial charge in [-0.2, -0.15) is 0 Å². The highest BCUT2D eigenvalue weighted by molar-refractivity contribution is 7.92. The molecule has 2 aromatic rings. The minimum Gasteiger partial charge on any atom is -0.370 e. The summed E-state index contributed by atoms with van der Waals surface area (Å²) < 4.78 is 31.0. The van der Waals surface area contributed by atoms with Crippen molar-refractivity contribution in [2.75, 3.05) is 24.7 Å². The van der Waals surface area contributed by atoms with Gasteiger partial charge >= 0.3 is 0 Å². The van der Waals surface area contributed by atoms with E-state index >= 15 is 0 Å². The standard InChI is InChI=1S/C20H28N4O3S2/c1-3-17-8-18-19(28-17)4-7-27-20(18)5-6-23(14(2)9-20)10-15-11-24(22-21-15)16-12-29(25,26)13-16/h8,11,14,16H,3-7,9-10,12-13H2,1-2H3/t14-,20+/m0/s1. The highest BCUT2D eigenvalue weighted by Gasteiger charge is 2.44. The predicted octanol–water partition coefficient (Wildman–Crippen LogP) is 2.32. The topological polar surface area (TPSA) is 77.3 Å². The number of hydrogen-bond acceptors (Lipinski definition) is 7. The van der Waals surface area contributed by atoms with Crippen LogP contribution in [0.1, 0.15) is 53.7 Å². The molecule has 0 bridgehead atoms. The van der Waals surface area contributed by atoms with Gasteiger partial charge in [0.25, 0.3) is 0 Å². The Morgan fingerprint density at radius 3 is 2.93 bits per heavy atom. The fourth-order valence-electron chi connectivity index (χ4n) is 4.97. The van der Waals surface area contributed by atoms with Crippen LogP contribution in [0.3, 0.4) is 0 Å². The Balaban J connectivity index is 1.27. The first-order valence-corrected chi connectivity index (χ1v) is 13.1. The molecule has 1 spiro atoms. The number of ether oxygens (including phenoxy) is 1. The molecule has 0 aliphatic carbocycles. The smallest absolute Gasteiger partial charge is 0.154 e. The van der Waals surface area contributed by atoms with E-state index in [1.165, 1.54) is 15.3 Å². The number of thiophene rings is 1. The first kappa shape index (κ1) is 19.7. The largest absolute Gasteiger partial charge is 0.370 e. The lowest BCUT2D eigenvalue weighted by Gasteiger charge is -2.47. The Hall–Kier alpha value is -1.29. The van der Waals surface area contributed by atoms with Gasteiger partial charge in [0.1, 0.15) is 0 Å². The number of hydrogen-bond donors (Lipinski definition) is 0. The van der Waals surface area contributed by atoms with Crippen molar-refractivity contribution >= 4 is 21.2 Å². The quantitative estimate of drug-likeness (QED) is 0.732. The molecule has 0 radical (unpaired) electrons. The summed E-state index contributed by atoms with van der Waals surface area (Å²) in [6.07, 6.45) is 6.04. The molecule has 0 amide bonds. The van der Waals surface area contributed by atoms with Crippen molar-refractivity contribution in [2.24, 2.45) is 0 Å². The van der Waals surface area contributed by atoms with Crippen LogP contribution < -0.4 is 0 Å². The zero-order valence-electron chi connectivity index (χ0n) is 17.0. The van der Waals surface area contributed by atoms with Crippen LogP contribution >= 0.6 is 11.3 Å². The van der Waals surface area contributed by atoms with Crippen LogP contribution in [-0.2, 0) is 39.6 Å². The van der Waals surface area contributed by atoms with Gasteiger partial charge in [0.2, 0.25) is 0 Å². The van der Waals surface area contributed by atoms with Crippen LogP contribution in [0.5, 0.6) is 0 Å². The zero-order valence-corrected chi connectivity index (χ0v) is 18.6. The number of piperidine rings is 1. The van der Waals surface area contributed by atoms with Gasteiger partial charge in [-0.15, -0.1) is 16.4 Å². The summed E-state index contributed by atoms with van der Waals surface area (Å²) in [7, 11) is -2.86. The van der Waals surface area contributed by atoms with Gasteiger partial charge in [-0.05, 0) is 37.8 Å². The lowest BCUT2D eigenvalue weighted by atomic mass is 9.79. The average Bonchev–Trinajstić information content (AvgIpc) is 3.30. The summed E-state index contributed by atoms with van der Waals surface area (Å²) in [5.74, 6) is 0.358. The summed E-state index contributed by atoms with van der Waals surface area (Å²) in [5, 5.41) is 8.47. The summed E-state index contributed by atoms with van der Waals surface area (Å²) in [4.78, 5) is 5.43. The molecule has 0 aromatic carbocycles. The van der Waals surface area contributed by atoms with Gasteiger partial charge in [-0.25, -0.2) is 13.1 Å². The van der Waals surface area contributed by atoms with E-state index in [4.69, 9.17) is 4.74 Å². The van der Waals surface area contributed by atoms with Crippen molar-refractivity contribution in [1.29, 1.82) is 0 Å². The van der Waals surface area contributed by atoms with Crippen LogP contribution in [0.15, 0.2) is 12.3 Å². The number of fused-ring (bicyclic) bond motifs is 2. The van der Waals surface area contributed by atoms with E-state index in [1.54, 1.807) is 4.68 Å². The van der Waals surface area contributed by atoms with Crippen LogP contribution in [0.2, 0.25) is 0 Å². The third-order valence-electron chi connectivity index (χ3n) is 6.65. The number of aryl methyl sites for hydroxylation is 1. The number of sulfone groups is 1. The van der Waals surface area contributed by atoms with E-state index in [0.717, 1.165) is 51.1 Å². The first-order chi connectivity index (χ1) is 13.9. The highest BCUT2D eigenvalue weighted by Crippen LogP contribution is 2.46. The summed E-state index contributed by atoms with van der Waals surface area (Å²) in [6, 6.07) is 2.72. The zero-order chi connectivity index (χ0) is 20.2. The molecule has 0 unspecified atom stereocenters. The Bertz CT molecular complexity index is 1000. The fourth-order valence-corrected chi connectivity index (χ4v) is 7.53. The third kappa shape index (κ3) is 3.56. The maximum Gasteiger partial charge on any atom is 0.154 e. The Morgan fingerprint density at radius 2 is 2.21 bits per heavy atom. The van der Waals surface area contributed by atoms with Gasteiger partial charge in [0, 0.05) is 35.3 Å². The SMILES string of the molecule is CCc1cc2c(s1)CCO[C@@]21CCN(Cc2cn(C3CS(=O)(=O)C3)nn2)[C@@H](C)C1. The number of aromatic nitrogens is 3. The molecule has 2 fully saturated rings. The van der Waals surface area contributed by atoms with Gasteiger partial charge in [-0.3, -0.25) is 4.90 Å². The number of nitrogens with zero attached hydrogens (tertiary/aromatic N) is 4. The molecule has 5 rings (SSSR count). The number of likely N-dealkylation sites (tertiary alicyclic amines) is 1. The van der Waals surface area contributed by atoms with Crippen molar-refractivity contribution in [3.8, 4) is 0 Å². The van der Waals surface area contributed by atoms with E-state index in [2.05, 4.69) is 35.1 Å². The van der Waals surface area contributed by atoms with Gasteiger partial charge in [0.15, 0.2) is 9.84 Å². The minimum absolute atomic E-state index is 0.0521. The summed E-state index contributed by atoms with van der Waals surface area (Å²) in [6.45, 7) is 7.02. The minimum atomic E-state index is -2.86. The second kappa shape index (κ2) is 7.14. The van der Waals surface area contributed by atoms with Crippen LogP contribution in [-0.4, -0.2) is 59.0 Å². The molecule has 2 saturated heterocycles. The Kier molecular flexibility index (Phi) is 4.84. The summed E-state index contributed by atoms with van der Waals surface area (Å²) >= 11 is 1.96. The predicted molar refractivity (Wildman–Crippen MR) is 112 cm³/mol. The Morgan fingerprint density at radius 1 is 1.38 bits per heavy atom. The van der Waals surface area contributed by atoms with Crippen molar-refractivity contribution in [2.45, 2.75) is 63.8 Å². The normalized spacial score (nSPS) is 29.7. The molecule has 5 heterocycles. The van der Waals surface area contributed by atoms with Crippen molar-refractivity contribution in [3.05, 3.63) is 33.3 Å². The molecule has 7 nitrogen and oxygen atoms in total. The molecule has 29 heavy (non-hydrogen) atoms. The van der Waals surface area contributed by atoms with Gasteiger partial charge < -0.3 is 4.74 Å². The van der Waals surface area contributed by atoms with Crippen molar-refractivity contribution in [1.82, 2.24) is 19.9 Å². The highest BCUT2D eigenvalue weighted by atomic mass is 32.2. The monoisotopic (exact) mass is 436 g/mol. The first-order valence-electron chi connectivity index (χ1n) is 10.5. The maximum atomic E-state index is 11.4. The molecule has 2 aromatic heterocycles. The third-order valence-corrected chi connectivity index (χ3v) is 9.77. The second-order valence-electron chi connectivity index (χ2n) is 8.69. The van der Waals surface area contributed by atoms with Gasteiger partial charge in [0.05, 0.1) is 41.6 Å². The lowest BCUT2D eigenvalue weighted by molar-refractivity contribution is -0.112. The number of rotatable bonds is 4. The maximum absolute atomic E-state index is 11.4. The van der Waals surface area contributed by atoms with E-state index in [1.807, 2.05) is 17.5 Å². The lowest BCUT2D eigenvalue weighted by Crippen LogP contribution is -2.50. The van der Waals surface area contributed by atoms with Crippen molar-refractivity contribution in [3.63, 3.8) is 0 Å². The molecule has 9 heteroatoms. The molecular formula is C20H28N4O3S2. The fraction of sp³-hybridized carbons (Fsp3) is 0.700. The molecule has 0 N–H and O–H groups in total. The molecule has 3 aliphatic heterocycles. The van der Waals surface area contributed by atoms with E-state index < -0.39 is 9.84 Å². The summed E-state index contributed by atoms with van der Waals surface area (Å²) in [5.41, 5.74) is 2.21. The van der Waals surface area contributed by atoms with Gasteiger partial charge in [-0.1, -0.05) is 12.1 Å². The molecule has 158 valence electrons. The van der Waals surface area contributed by atoms with Crippen LogP contribution in [0, 0.1) is 0 Å². The van der Waals surface area contributed by atoms with Crippen LogP contribution in [0.4, 0.5) is 0 Å². The van der Waals surface area contributed by atoms with E-state index in [9.17, 15) is 8.42 Å². The molecular weight excluding hydrogens is 408 g/mol. The molecule has 0 saturated carbocycles. The average molecular weight is 437 g/mol.